The summed E-state index contributed by atoms with van der Waals surface area (Å²) in [7, 11) is -3.40. The van der Waals surface area contributed by atoms with Crippen molar-refractivity contribution < 1.29 is 8.42 Å². The molecule has 0 fully saturated rings. The molecule has 1 heterocycles. The van der Waals surface area contributed by atoms with Crippen molar-refractivity contribution in [1.82, 2.24) is 0 Å². The van der Waals surface area contributed by atoms with Gasteiger partial charge in [-0.2, -0.15) is 5.26 Å². The first kappa shape index (κ1) is 11.0. The fourth-order valence-corrected chi connectivity index (χ4v) is 2.28. The van der Waals surface area contributed by atoms with Crippen molar-refractivity contribution in [1.29, 1.82) is 5.26 Å². The largest absolute Gasteiger partial charge is 0.223 e. The number of nitrogens with zero attached hydrogens (tertiary/aromatic N) is 1. The molecule has 3 nitrogen and oxygen atoms in total. The second-order valence-electron chi connectivity index (χ2n) is 2.84. The van der Waals surface area contributed by atoms with Gasteiger partial charge in [0.1, 0.15) is 11.0 Å². The minimum Gasteiger partial charge on any atom is -0.223 e. The molecule has 0 atom stereocenters. The van der Waals surface area contributed by atoms with E-state index in [1.807, 2.05) is 13.0 Å². The summed E-state index contributed by atoms with van der Waals surface area (Å²) in [5.74, 6) is 0. The van der Waals surface area contributed by atoms with Crippen LogP contribution in [0.4, 0.5) is 0 Å². The van der Waals surface area contributed by atoms with E-state index in [2.05, 4.69) is 0 Å². The average molecular weight is 227 g/mol. The van der Waals surface area contributed by atoms with Crippen LogP contribution >= 0.6 is 11.3 Å². The van der Waals surface area contributed by atoms with E-state index in [4.69, 9.17) is 5.26 Å². The molecular weight excluding hydrogens is 218 g/mol. The molecule has 0 aromatic carbocycles. The van der Waals surface area contributed by atoms with Gasteiger partial charge in [0, 0.05) is 16.0 Å². The van der Waals surface area contributed by atoms with Crippen LogP contribution in [0.5, 0.6) is 0 Å². The molecule has 0 radical (unpaired) electrons. The molecule has 0 amide bonds. The lowest BCUT2D eigenvalue weighted by atomic mass is 10.4. The highest BCUT2D eigenvalue weighted by atomic mass is 32.2. The Morgan fingerprint density at radius 3 is 2.57 bits per heavy atom. The summed E-state index contributed by atoms with van der Waals surface area (Å²) >= 11 is 1.46. The van der Waals surface area contributed by atoms with Gasteiger partial charge >= 0.3 is 0 Å². The van der Waals surface area contributed by atoms with Gasteiger partial charge in [0.2, 0.25) is 0 Å². The average Bonchev–Trinajstić information content (AvgIpc) is 2.45. The van der Waals surface area contributed by atoms with Crippen molar-refractivity contribution >= 4 is 27.3 Å². The lowest BCUT2D eigenvalue weighted by molar-refractivity contribution is 0.609. The number of rotatable bonds is 2. The number of hydrogen-bond acceptors (Lipinski definition) is 4. The highest BCUT2D eigenvalue weighted by Crippen LogP contribution is 2.19. The quantitative estimate of drug-likeness (QED) is 0.726. The van der Waals surface area contributed by atoms with Crippen molar-refractivity contribution in [3.05, 3.63) is 26.8 Å². The molecule has 0 saturated heterocycles. The van der Waals surface area contributed by atoms with E-state index < -0.39 is 9.84 Å². The SMILES string of the molecule is Cc1ccc(/C=C(\C#N)S(C)(=O)=O)s1. The van der Waals surface area contributed by atoms with Gasteiger partial charge < -0.3 is 0 Å². The zero-order chi connectivity index (χ0) is 10.8. The Kier molecular flexibility index (Phi) is 3.09. The summed E-state index contributed by atoms with van der Waals surface area (Å²) in [6.45, 7) is 1.93. The third kappa shape index (κ3) is 2.69. The molecule has 0 spiro atoms. The molecule has 0 unspecified atom stereocenters. The van der Waals surface area contributed by atoms with E-state index in [1.165, 1.54) is 17.4 Å². The van der Waals surface area contributed by atoms with Crippen molar-refractivity contribution in [2.24, 2.45) is 0 Å². The summed E-state index contributed by atoms with van der Waals surface area (Å²) in [5, 5.41) is 8.64. The monoisotopic (exact) mass is 227 g/mol. The van der Waals surface area contributed by atoms with E-state index in [-0.39, 0.29) is 4.91 Å². The fourth-order valence-electron chi connectivity index (χ4n) is 0.882. The van der Waals surface area contributed by atoms with Crippen LogP contribution in [0.25, 0.3) is 6.08 Å². The summed E-state index contributed by atoms with van der Waals surface area (Å²) in [4.78, 5) is 1.67. The van der Waals surface area contributed by atoms with Crippen LogP contribution in [0.15, 0.2) is 17.0 Å². The first-order chi connectivity index (χ1) is 6.43. The van der Waals surface area contributed by atoms with Crippen LogP contribution in [0.3, 0.4) is 0 Å². The molecule has 1 rings (SSSR count). The molecule has 0 aliphatic heterocycles. The minimum atomic E-state index is -3.40. The van der Waals surface area contributed by atoms with Gasteiger partial charge in [0.15, 0.2) is 9.84 Å². The van der Waals surface area contributed by atoms with Gasteiger partial charge in [-0.3, -0.25) is 0 Å². The van der Waals surface area contributed by atoms with Crippen molar-refractivity contribution in [3.8, 4) is 6.07 Å². The fraction of sp³-hybridized carbons (Fsp3) is 0.222. The number of hydrogen-bond donors (Lipinski definition) is 0. The number of nitriles is 1. The third-order valence-electron chi connectivity index (χ3n) is 1.54. The van der Waals surface area contributed by atoms with Gasteiger partial charge in [-0.25, -0.2) is 8.42 Å². The Labute approximate surface area is 87.2 Å². The maximum absolute atomic E-state index is 11.1. The second-order valence-corrected chi connectivity index (χ2v) is 6.14. The first-order valence-corrected chi connectivity index (χ1v) is 6.52. The molecule has 1 aromatic heterocycles. The molecule has 14 heavy (non-hydrogen) atoms. The van der Waals surface area contributed by atoms with Crippen LogP contribution < -0.4 is 0 Å². The second kappa shape index (κ2) is 3.95. The minimum absolute atomic E-state index is 0.195. The van der Waals surface area contributed by atoms with Crippen molar-refractivity contribution in [2.75, 3.05) is 6.26 Å². The Hall–Kier alpha value is -1.12. The molecule has 74 valence electrons. The van der Waals surface area contributed by atoms with Crippen molar-refractivity contribution in [3.63, 3.8) is 0 Å². The molecule has 0 aliphatic rings. The maximum atomic E-state index is 11.1. The molecule has 1 aromatic rings. The number of sulfone groups is 1. The Bertz CT molecular complexity index is 503. The standard InChI is InChI=1S/C9H9NO2S2/c1-7-3-4-8(13-7)5-9(6-10)14(2,11)12/h3-5H,1-2H3/b9-5+. The predicted molar refractivity (Wildman–Crippen MR) is 57.5 cm³/mol. The molecule has 0 saturated carbocycles. The van der Waals surface area contributed by atoms with Gasteiger partial charge in [-0.05, 0) is 25.1 Å². The van der Waals surface area contributed by atoms with Crippen LogP contribution in [0.2, 0.25) is 0 Å². The van der Waals surface area contributed by atoms with Crippen LogP contribution in [-0.4, -0.2) is 14.7 Å². The lowest BCUT2D eigenvalue weighted by Crippen LogP contribution is -1.97. The van der Waals surface area contributed by atoms with Crippen LogP contribution in [0.1, 0.15) is 9.75 Å². The van der Waals surface area contributed by atoms with E-state index >= 15 is 0 Å². The highest BCUT2D eigenvalue weighted by Gasteiger charge is 2.10. The third-order valence-corrected chi connectivity index (χ3v) is 3.50. The zero-order valence-electron chi connectivity index (χ0n) is 7.81. The Morgan fingerprint density at radius 2 is 2.21 bits per heavy atom. The molecule has 0 bridgehead atoms. The smallest absolute Gasteiger partial charge is 0.185 e. The Balaban J connectivity index is 3.16. The number of allylic oxidation sites excluding steroid dienone is 1. The highest BCUT2D eigenvalue weighted by molar-refractivity contribution is 7.95. The predicted octanol–water partition coefficient (Wildman–Crippen LogP) is 1.97. The maximum Gasteiger partial charge on any atom is 0.185 e. The molecular formula is C9H9NO2S2. The lowest BCUT2D eigenvalue weighted by Gasteiger charge is -1.91. The van der Waals surface area contributed by atoms with Crippen LogP contribution in [0, 0.1) is 18.3 Å². The van der Waals surface area contributed by atoms with E-state index in [0.29, 0.717) is 0 Å². The van der Waals surface area contributed by atoms with Gasteiger partial charge in [0.05, 0.1) is 0 Å². The summed E-state index contributed by atoms with van der Waals surface area (Å²) < 4.78 is 22.2. The van der Waals surface area contributed by atoms with Gasteiger partial charge in [-0.15, -0.1) is 11.3 Å². The van der Waals surface area contributed by atoms with Gasteiger partial charge in [0.25, 0.3) is 0 Å². The van der Waals surface area contributed by atoms with E-state index in [9.17, 15) is 8.42 Å². The van der Waals surface area contributed by atoms with Gasteiger partial charge in [-0.1, -0.05) is 0 Å². The zero-order valence-corrected chi connectivity index (χ0v) is 9.45. The van der Waals surface area contributed by atoms with Crippen LogP contribution in [-0.2, 0) is 9.84 Å². The van der Waals surface area contributed by atoms with E-state index in [0.717, 1.165) is 16.0 Å². The summed E-state index contributed by atoms with van der Waals surface area (Å²) in [5.41, 5.74) is 0. The van der Waals surface area contributed by atoms with E-state index in [1.54, 1.807) is 12.1 Å². The number of aryl methyl sites for hydroxylation is 1. The Morgan fingerprint density at radius 1 is 1.57 bits per heavy atom. The first-order valence-electron chi connectivity index (χ1n) is 3.82. The normalized spacial score (nSPS) is 12.5. The topological polar surface area (TPSA) is 57.9 Å². The summed E-state index contributed by atoms with van der Waals surface area (Å²) in [6, 6.07) is 5.36. The molecule has 0 aliphatic carbocycles. The number of thiophene rings is 1. The molecule has 0 N–H and O–H groups in total. The molecule has 5 heteroatoms. The summed E-state index contributed by atoms with van der Waals surface area (Å²) in [6.07, 6.45) is 2.43. The van der Waals surface area contributed by atoms with Crippen molar-refractivity contribution in [2.45, 2.75) is 6.92 Å².